The fraction of sp³-hybridized carbons (Fsp3) is 0.964. The molecule has 4 aliphatic rings. The first-order valence-corrected chi connectivity index (χ1v) is 16.0. The minimum absolute atomic E-state index is 0.0173. The van der Waals surface area contributed by atoms with Crippen molar-refractivity contribution in [3.8, 4) is 0 Å². The number of aliphatic hydroxyl groups is 7. The van der Waals surface area contributed by atoms with E-state index in [1.54, 1.807) is 0 Å². The second-order valence-electron chi connectivity index (χ2n) is 13.2. The van der Waals surface area contributed by atoms with Gasteiger partial charge in [-0.05, 0) is 50.6 Å². The molecule has 2 aliphatic carbocycles. The van der Waals surface area contributed by atoms with Crippen LogP contribution in [0.3, 0.4) is 0 Å². The highest BCUT2D eigenvalue weighted by Gasteiger charge is 2.52. The van der Waals surface area contributed by atoms with E-state index >= 15 is 0 Å². The van der Waals surface area contributed by atoms with E-state index in [-0.39, 0.29) is 44.3 Å². The summed E-state index contributed by atoms with van der Waals surface area (Å²) in [6.45, 7) is -0.268. The maximum atomic E-state index is 12.9. The lowest BCUT2D eigenvalue weighted by Crippen LogP contribution is -2.68. The topological polar surface area (TPSA) is 338 Å². The number of ether oxygens (including phenoxy) is 4. The Morgan fingerprint density at radius 2 is 1.50 bits per heavy atom. The Bertz CT molecular complexity index is 968. The molecule has 4 fully saturated rings. The Balaban J connectivity index is 1.56. The van der Waals surface area contributed by atoms with E-state index in [9.17, 15) is 40.5 Å². The Hall–Kier alpha value is -1.01. The van der Waals surface area contributed by atoms with Gasteiger partial charge in [-0.3, -0.25) is 4.79 Å². The van der Waals surface area contributed by atoms with Crippen molar-refractivity contribution in [3.63, 3.8) is 0 Å². The summed E-state index contributed by atoms with van der Waals surface area (Å²) in [6.07, 6.45) is -14.8. The SMILES string of the molecule is NCC[C@H](O)C(=O)C[C@@H]1C[C@H](N)C(O[C@H]2O[C@H](CN)[C@@H](O)[C@H](O)[C@H]2NCC2CC(N)C2)[C@H](O)[C@H]1O[C@H]1O[C@H](CO)[C@@H](O)[C@H](N)[C@H]1O. The van der Waals surface area contributed by atoms with Gasteiger partial charge < -0.3 is 88.7 Å². The van der Waals surface area contributed by atoms with Crippen LogP contribution < -0.4 is 34.0 Å². The summed E-state index contributed by atoms with van der Waals surface area (Å²) in [5.74, 6) is -1.13. The largest absolute Gasteiger partial charge is 0.394 e. The van der Waals surface area contributed by atoms with Crippen molar-refractivity contribution in [2.75, 3.05) is 26.2 Å². The summed E-state index contributed by atoms with van der Waals surface area (Å²) in [5, 5.41) is 77.5. The average Bonchev–Trinajstić information content (AvgIpc) is 3.01. The van der Waals surface area contributed by atoms with Crippen LogP contribution in [-0.4, -0.2) is 166 Å². The van der Waals surface area contributed by atoms with Crippen molar-refractivity contribution in [1.82, 2.24) is 5.32 Å². The molecule has 2 saturated carbocycles. The van der Waals surface area contributed by atoms with E-state index in [1.165, 1.54) is 0 Å². The Morgan fingerprint density at radius 1 is 0.848 bits per heavy atom. The fourth-order valence-corrected chi connectivity index (χ4v) is 6.88. The lowest BCUT2D eigenvalue weighted by molar-refractivity contribution is -0.324. The third kappa shape index (κ3) is 8.40. The quantitative estimate of drug-likeness (QED) is 0.0818. The van der Waals surface area contributed by atoms with E-state index in [2.05, 4.69) is 5.32 Å². The Kier molecular flexibility index (Phi) is 13.6. The molecular weight excluding hydrogens is 612 g/mol. The van der Waals surface area contributed by atoms with Crippen LogP contribution in [0.1, 0.15) is 32.1 Å². The number of hydrogen-bond acceptors (Lipinski definition) is 18. The van der Waals surface area contributed by atoms with Gasteiger partial charge in [0.25, 0.3) is 0 Å². The molecule has 0 aromatic rings. The summed E-state index contributed by atoms with van der Waals surface area (Å²) in [5.41, 5.74) is 29.7. The molecular formula is C28H54N6O12. The number of nitrogens with one attached hydrogen (secondary N) is 1. The number of rotatable bonds is 14. The van der Waals surface area contributed by atoms with Crippen LogP contribution in [0, 0.1) is 11.8 Å². The fourth-order valence-electron chi connectivity index (χ4n) is 6.88. The molecule has 0 spiro atoms. The summed E-state index contributed by atoms with van der Waals surface area (Å²) < 4.78 is 23.8. The minimum atomic E-state index is -1.59. The number of ketones is 1. The smallest absolute Gasteiger partial charge is 0.186 e. The highest BCUT2D eigenvalue weighted by atomic mass is 16.7. The van der Waals surface area contributed by atoms with Crippen LogP contribution in [0.25, 0.3) is 0 Å². The monoisotopic (exact) mass is 666 g/mol. The van der Waals surface area contributed by atoms with Crippen LogP contribution >= 0.6 is 0 Å². The second kappa shape index (κ2) is 16.6. The number of carbonyl (C=O) groups is 1. The summed E-state index contributed by atoms with van der Waals surface area (Å²) >= 11 is 0. The molecule has 0 amide bonds. The number of carbonyl (C=O) groups excluding carboxylic acids is 1. The van der Waals surface area contributed by atoms with Crippen molar-refractivity contribution in [3.05, 3.63) is 0 Å². The molecule has 2 aliphatic heterocycles. The summed E-state index contributed by atoms with van der Waals surface area (Å²) in [6, 6.07) is -3.04. The predicted molar refractivity (Wildman–Crippen MR) is 159 cm³/mol. The van der Waals surface area contributed by atoms with Crippen molar-refractivity contribution in [2.24, 2.45) is 40.5 Å². The molecule has 18 nitrogen and oxygen atoms in total. The lowest BCUT2D eigenvalue weighted by Gasteiger charge is -2.49. The summed E-state index contributed by atoms with van der Waals surface area (Å²) in [7, 11) is 0. The zero-order valence-corrected chi connectivity index (χ0v) is 25.8. The molecule has 18 heteroatoms. The highest BCUT2D eigenvalue weighted by molar-refractivity contribution is 5.83. The first-order valence-electron chi connectivity index (χ1n) is 16.0. The minimum Gasteiger partial charge on any atom is -0.394 e. The number of nitrogens with two attached hydrogens (primary N) is 5. The molecule has 46 heavy (non-hydrogen) atoms. The van der Waals surface area contributed by atoms with Gasteiger partial charge in [0.05, 0.1) is 24.8 Å². The van der Waals surface area contributed by atoms with Crippen LogP contribution in [0.2, 0.25) is 0 Å². The molecule has 18 N–H and O–H groups in total. The standard InChI is InChI=1S/C28H54N6O12/c29-2-1-14(36)15(37)6-11-5-13(32)26(24(42)25(11)45-28-22(40)18(33)20(38)17(9-35)44-28)46-27-19(34-8-10-3-12(31)4-10)23(41)21(39)16(7-30)43-27/h10-14,16-28,34-36,38-42H,1-9,29-33H2/t10?,11-,12?,13-,14-,16+,17+,18-,19+,20+,21+,22+,23+,24+,25-,26?,27+,28+/m0/s1. The molecule has 1 unspecified atom stereocenters. The molecule has 2 heterocycles. The third-order valence-corrected chi connectivity index (χ3v) is 9.78. The Labute approximate surface area is 267 Å². The maximum Gasteiger partial charge on any atom is 0.186 e. The normalized spacial score (nSPS) is 47.3. The van der Waals surface area contributed by atoms with Crippen LogP contribution in [-0.2, 0) is 23.7 Å². The second-order valence-corrected chi connectivity index (χ2v) is 13.2. The molecule has 0 aromatic heterocycles. The van der Waals surface area contributed by atoms with Gasteiger partial charge in [0.1, 0.15) is 54.9 Å². The van der Waals surface area contributed by atoms with E-state index in [0.717, 1.165) is 12.8 Å². The highest BCUT2D eigenvalue weighted by Crippen LogP contribution is 2.36. The first-order chi connectivity index (χ1) is 21.8. The van der Waals surface area contributed by atoms with Gasteiger partial charge in [-0.1, -0.05) is 0 Å². The van der Waals surface area contributed by atoms with E-state index in [4.69, 9.17) is 47.6 Å². The molecule has 0 radical (unpaired) electrons. The van der Waals surface area contributed by atoms with Gasteiger partial charge in [-0.15, -0.1) is 0 Å². The lowest BCUT2D eigenvalue weighted by atomic mass is 9.76. The van der Waals surface area contributed by atoms with Gasteiger partial charge in [-0.2, -0.15) is 0 Å². The number of aliphatic hydroxyl groups excluding tert-OH is 7. The number of Topliss-reactive ketones (excluding diaryl/α,β-unsaturated/α-hetero) is 1. The summed E-state index contributed by atoms with van der Waals surface area (Å²) in [4.78, 5) is 12.9. The molecule has 0 aromatic carbocycles. The zero-order valence-electron chi connectivity index (χ0n) is 25.8. The number of hydrogen-bond donors (Lipinski definition) is 13. The first kappa shape index (κ1) is 37.8. The molecule has 2 saturated heterocycles. The van der Waals surface area contributed by atoms with Gasteiger partial charge in [-0.25, -0.2) is 0 Å². The van der Waals surface area contributed by atoms with Crippen molar-refractivity contribution in [2.45, 2.75) is 130 Å². The third-order valence-electron chi connectivity index (χ3n) is 9.78. The van der Waals surface area contributed by atoms with E-state index in [0.29, 0.717) is 6.54 Å². The predicted octanol–water partition coefficient (Wildman–Crippen LogP) is -7.00. The molecule has 0 bridgehead atoms. The maximum absolute atomic E-state index is 12.9. The molecule has 268 valence electrons. The van der Waals surface area contributed by atoms with Crippen molar-refractivity contribution in [1.29, 1.82) is 0 Å². The van der Waals surface area contributed by atoms with Gasteiger partial charge in [0.15, 0.2) is 18.4 Å². The molecule has 4 rings (SSSR count). The van der Waals surface area contributed by atoms with E-state index in [1.807, 2.05) is 0 Å². The van der Waals surface area contributed by atoms with Crippen LogP contribution in [0.15, 0.2) is 0 Å². The van der Waals surface area contributed by atoms with Gasteiger partial charge in [0, 0.05) is 25.0 Å². The van der Waals surface area contributed by atoms with Crippen LogP contribution in [0.5, 0.6) is 0 Å². The van der Waals surface area contributed by atoms with E-state index < -0.39 is 110 Å². The van der Waals surface area contributed by atoms with Crippen LogP contribution in [0.4, 0.5) is 0 Å². The van der Waals surface area contributed by atoms with Gasteiger partial charge >= 0.3 is 0 Å². The van der Waals surface area contributed by atoms with Crippen molar-refractivity contribution >= 4 is 5.78 Å². The molecule has 16 atom stereocenters. The Morgan fingerprint density at radius 3 is 2.11 bits per heavy atom. The average molecular weight is 667 g/mol. The van der Waals surface area contributed by atoms with Gasteiger partial charge in [0.2, 0.25) is 0 Å². The van der Waals surface area contributed by atoms with Crippen molar-refractivity contribution < 1.29 is 59.5 Å². The zero-order chi connectivity index (χ0) is 33.9.